The minimum Gasteiger partial charge on any atom is -0.496 e. The Morgan fingerprint density at radius 3 is 2.64 bits per heavy atom. The zero-order chi connectivity index (χ0) is 23.6. The van der Waals surface area contributed by atoms with Crippen LogP contribution in [0.4, 0.5) is 5.69 Å². The van der Waals surface area contributed by atoms with Gasteiger partial charge in [-0.1, -0.05) is 36.4 Å². The van der Waals surface area contributed by atoms with Crippen molar-refractivity contribution in [2.45, 2.75) is 25.4 Å². The average molecular weight is 468 g/mol. The summed E-state index contributed by atoms with van der Waals surface area (Å²) in [6.45, 7) is 0. The van der Waals surface area contributed by atoms with Crippen LogP contribution in [0.15, 0.2) is 60.7 Å². The molecule has 0 fully saturated rings. The molecule has 1 heterocycles. The number of carbonyl (C=O) groups is 1. The fourth-order valence-corrected chi connectivity index (χ4v) is 4.68. The largest absolute Gasteiger partial charge is 0.496 e. The molecule has 1 aliphatic heterocycles. The van der Waals surface area contributed by atoms with Crippen molar-refractivity contribution >= 4 is 21.7 Å². The molecule has 0 amide bonds. The van der Waals surface area contributed by atoms with Crippen molar-refractivity contribution < 1.29 is 27.8 Å². The summed E-state index contributed by atoms with van der Waals surface area (Å²) in [5, 5.41) is 8.92. The minimum absolute atomic E-state index is 0.112. The van der Waals surface area contributed by atoms with Crippen LogP contribution in [0.2, 0.25) is 0 Å². The molecule has 8 heteroatoms. The molecule has 1 atom stereocenters. The van der Waals surface area contributed by atoms with E-state index in [1.807, 2.05) is 48.5 Å². The standard InChI is InChI=1S/C25H25NO6S/c1-31-21-9-5-10-22-24(21)19-13-12-18(26-33(2,29)30)15-20(19)25(32-22)17-8-3-6-16(14-17)7-4-11-23(27)28/h3,5-6,8-10,12-15,25-26H,4,7,11H2,1-2H3,(H,27,28). The molecule has 0 aliphatic carbocycles. The molecule has 3 aromatic rings. The molecule has 1 unspecified atom stereocenters. The number of fused-ring (bicyclic) bond motifs is 3. The van der Waals surface area contributed by atoms with Crippen molar-refractivity contribution in [3.63, 3.8) is 0 Å². The fourth-order valence-electron chi connectivity index (χ4n) is 4.12. The SMILES string of the molecule is COc1cccc2c1-c1ccc(NS(C)(=O)=O)cc1C(c1cccc(CCCC(=O)O)c1)O2. The number of aryl methyl sites for hydroxylation is 1. The van der Waals surface area contributed by atoms with Gasteiger partial charge in [0, 0.05) is 17.7 Å². The highest BCUT2D eigenvalue weighted by Gasteiger charge is 2.30. The molecule has 3 aromatic carbocycles. The van der Waals surface area contributed by atoms with Gasteiger partial charge in [0.1, 0.15) is 17.6 Å². The van der Waals surface area contributed by atoms with Crippen molar-refractivity contribution in [3.8, 4) is 22.6 Å². The van der Waals surface area contributed by atoms with Gasteiger partial charge in [-0.25, -0.2) is 8.42 Å². The van der Waals surface area contributed by atoms with Crippen LogP contribution in [-0.2, 0) is 21.2 Å². The van der Waals surface area contributed by atoms with Gasteiger partial charge in [0.2, 0.25) is 10.0 Å². The molecule has 172 valence electrons. The summed E-state index contributed by atoms with van der Waals surface area (Å²) in [5.41, 5.74) is 4.88. The third-order valence-electron chi connectivity index (χ3n) is 5.47. The number of methoxy groups -OCH3 is 1. The number of nitrogens with one attached hydrogen (secondary N) is 1. The molecule has 2 N–H and O–H groups in total. The molecule has 7 nitrogen and oxygen atoms in total. The number of rotatable bonds is 8. The lowest BCUT2D eigenvalue weighted by Crippen LogP contribution is -2.17. The highest BCUT2D eigenvalue weighted by molar-refractivity contribution is 7.92. The zero-order valence-corrected chi connectivity index (χ0v) is 19.2. The van der Waals surface area contributed by atoms with Crippen LogP contribution in [0.1, 0.15) is 35.6 Å². The normalized spacial score (nSPS) is 14.5. The Morgan fingerprint density at radius 1 is 1.12 bits per heavy atom. The number of benzene rings is 3. The first-order valence-electron chi connectivity index (χ1n) is 10.5. The second kappa shape index (κ2) is 9.15. The lowest BCUT2D eigenvalue weighted by molar-refractivity contribution is -0.137. The van der Waals surface area contributed by atoms with Gasteiger partial charge >= 0.3 is 5.97 Å². The number of hydrogen-bond acceptors (Lipinski definition) is 5. The maximum Gasteiger partial charge on any atom is 0.303 e. The van der Waals surface area contributed by atoms with Crippen molar-refractivity contribution in [3.05, 3.63) is 77.4 Å². The predicted octanol–water partition coefficient (Wildman–Crippen LogP) is 4.62. The zero-order valence-electron chi connectivity index (χ0n) is 18.4. The van der Waals surface area contributed by atoms with Crippen LogP contribution >= 0.6 is 0 Å². The number of hydrogen-bond donors (Lipinski definition) is 2. The lowest BCUT2D eigenvalue weighted by atomic mass is 9.88. The van der Waals surface area contributed by atoms with Gasteiger partial charge < -0.3 is 14.6 Å². The summed E-state index contributed by atoms with van der Waals surface area (Å²) < 4.78 is 38.1. The number of carboxylic acid groups (broad SMARTS) is 1. The van der Waals surface area contributed by atoms with Crippen LogP contribution in [0.5, 0.6) is 11.5 Å². The summed E-state index contributed by atoms with van der Waals surface area (Å²) in [6.07, 6.45) is 1.93. The van der Waals surface area contributed by atoms with Gasteiger partial charge in [-0.05, 0) is 53.8 Å². The molecule has 1 aliphatic rings. The molecular formula is C25H25NO6S. The Labute approximate surface area is 193 Å². The molecule has 0 radical (unpaired) electrons. The number of carboxylic acids is 1. The van der Waals surface area contributed by atoms with Gasteiger partial charge in [-0.2, -0.15) is 0 Å². The van der Waals surface area contributed by atoms with Crippen molar-refractivity contribution in [2.24, 2.45) is 0 Å². The van der Waals surface area contributed by atoms with Crippen molar-refractivity contribution in [1.29, 1.82) is 0 Å². The van der Waals surface area contributed by atoms with E-state index in [0.717, 1.165) is 34.1 Å². The molecule has 0 saturated heterocycles. The van der Waals surface area contributed by atoms with Gasteiger partial charge in [0.05, 0.1) is 18.9 Å². The fraction of sp³-hybridized carbons (Fsp3) is 0.240. The highest BCUT2D eigenvalue weighted by atomic mass is 32.2. The Balaban J connectivity index is 1.79. The first-order chi connectivity index (χ1) is 15.7. The van der Waals surface area contributed by atoms with E-state index in [1.165, 1.54) is 0 Å². The van der Waals surface area contributed by atoms with Gasteiger partial charge in [0.15, 0.2) is 0 Å². The monoisotopic (exact) mass is 467 g/mol. The quantitative estimate of drug-likeness (QED) is 0.501. The third kappa shape index (κ3) is 5.12. The Kier molecular flexibility index (Phi) is 6.29. The maximum absolute atomic E-state index is 11.8. The first-order valence-corrected chi connectivity index (χ1v) is 12.4. The van der Waals surface area contributed by atoms with E-state index in [-0.39, 0.29) is 6.42 Å². The summed E-state index contributed by atoms with van der Waals surface area (Å²) in [4.78, 5) is 10.9. The van der Waals surface area contributed by atoms with Crippen LogP contribution in [0, 0.1) is 0 Å². The summed E-state index contributed by atoms with van der Waals surface area (Å²) >= 11 is 0. The molecule has 4 rings (SSSR count). The van der Waals surface area contributed by atoms with Crippen molar-refractivity contribution in [2.75, 3.05) is 18.1 Å². The van der Waals surface area contributed by atoms with Gasteiger partial charge in [0.25, 0.3) is 0 Å². The van der Waals surface area contributed by atoms with E-state index in [1.54, 1.807) is 19.2 Å². The van der Waals surface area contributed by atoms with Crippen LogP contribution in [-0.4, -0.2) is 32.9 Å². The highest BCUT2D eigenvalue weighted by Crippen LogP contribution is 2.49. The van der Waals surface area contributed by atoms with E-state index < -0.39 is 22.1 Å². The van der Waals surface area contributed by atoms with Gasteiger partial charge in [-0.15, -0.1) is 0 Å². The van der Waals surface area contributed by atoms with E-state index in [4.69, 9.17) is 14.6 Å². The molecule has 0 bridgehead atoms. The number of aliphatic carboxylic acids is 1. The summed E-state index contributed by atoms with van der Waals surface area (Å²) in [6, 6.07) is 18.8. The smallest absolute Gasteiger partial charge is 0.303 e. The predicted molar refractivity (Wildman–Crippen MR) is 126 cm³/mol. The number of ether oxygens (including phenoxy) is 2. The first kappa shape index (κ1) is 22.7. The van der Waals surface area contributed by atoms with Crippen LogP contribution in [0.25, 0.3) is 11.1 Å². The van der Waals surface area contributed by atoms with Crippen LogP contribution in [0.3, 0.4) is 0 Å². The summed E-state index contributed by atoms with van der Waals surface area (Å²) in [5.74, 6) is 0.526. The average Bonchev–Trinajstić information content (AvgIpc) is 2.76. The molecule has 0 aromatic heterocycles. The number of anilines is 1. The second-order valence-corrected chi connectivity index (χ2v) is 9.75. The molecule has 0 spiro atoms. The van der Waals surface area contributed by atoms with E-state index >= 15 is 0 Å². The minimum atomic E-state index is -3.45. The van der Waals surface area contributed by atoms with Crippen molar-refractivity contribution in [1.82, 2.24) is 0 Å². The Bertz CT molecular complexity index is 1300. The molecule has 33 heavy (non-hydrogen) atoms. The lowest BCUT2D eigenvalue weighted by Gasteiger charge is -2.30. The Morgan fingerprint density at radius 2 is 1.91 bits per heavy atom. The third-order valence-corrected chi connectivity index (χ3v) is 6.08. The van der Waals surface area contributed by atoms with Crippen LogP contribution < -0.4 is 14.2 Å². The number of sulfonamides is 1. The topological polar surface area (TPSA) is 102 Å². The van der Waals surface area contributed by atoms with E-state index in [9.17, 15) is 13.2 Å². The maximum atomic E-state index is 11.8. The molecule has 0 saturated carbocycles. The van der Waals surface area contributed by atoms with Gasteiger partial charge in [-0.3, -0.25) is 9.52 Å². The molecular weight excluding hydrogens is 442 g/mol. The Hall–Kier alpha value is -3.52. The summed E-state index contributed by atoms with van der Waals surface area (Å²) in [7, 11) is -1.85. The second-order valence-electron chi connectivity index (χ2n) is 8.00. The van der Waals surface area contributed by atoms with E-state index in [0.29, 0.717) is 30.0 Å². The van der Waals surface area contributed by atoms with E-state index in [2.05, 4.69) is 4.72 Å².